The molecule has 0 bridgehead atoms. The lowest BCUT2D eigenvalue weighted by Crippen LogP contribution is -1.90. The van der Waals surface area contributed by atoms with Gasteiger partial charge in [0.2, 0.25) is 5.28 Å². The molecule has 0 aliphatic rings. The van der Waals surface area contributed by atoms with Gasteiger partial charge in [-0.3, -0.25) is 0 Å². The van der Waals surface area contributed by atoms with Gasteiger partial charge in [-0.25, -0.2) is 4.68 Å². The van der Waals surface area contributed by atoms with E-state index in [9.17, 15) is 0 Å². The van der Waals surface area contributed by atoms with Crippen LogP contribution in [0.5, 0.6) is 0 Å². The summed E-state index contributed by atoms with van der Waals surface area (Å²) in [6.07, 6.45) is 1.01. The zero-order valence-electron chi connectivity index (χ0n) is 8.74. The summed E-state index contributed by atoms with van der Waals surface area (Å²) in [5.74, 6) is 0.679. The molecule has 0 N–H and O–H groups in total. The van der Waals surface area contributed by atoms with E-state index in [0.717, 1.165) is 12.0 Å². The molecule has 0 spiro atoms. The largest absolute Gasteiger partial charge is 0.239 e. The maximum absolute atomic E-state index is 5.84. The number of halogens is 1. The molecule has 2 rings (SSSR count). The first kappa shape index (κ1) is 10.2. The molecule has 0 aliphatic heterocycles. The molecule has 0 saturated carbocycles. The van der Waals surface area contributed by atoms with Gasteiger partial charge in [0.1, 0.15) is 0 Å². The van der Waals surface area contributed by atoms with Gasteiger partial charge in [0.15, 0.2) is 5.82 Å². The lowest BCUT2D eigenvalue weighted by molar-refractivity contribution is 0.769. The minimum Gasteiger partial charge on any atom is -0.239 e. The van der Waals surface area contributed by atoms with Crippen molar-refractivity contribution in [3.63, 3.8) is 0 Å². The van der Waals surface area contributed by atoms with Gasteiger partial charge in [-0.15, -0.1) is 5.10 Å². The summed E-state index contributed by atoms with van der Waals surface area (Å²) in [6.45, 7) is 2.12. The molecule has 15 heavy (non-hydrogen) atoms. The molecule has 4 heteroatoms. The molecular weight excluding hydrogens is 210 g/mol. The maximum Gasteiger partial charge on any atom is 0.221 e. The Labute approximate surface area is 93.7 Å². The number of aromatic nitrogens is 3. The zero-order chi connectivity index (χ0) is 10.8. The van der Waals surface area contributed by atoms with Gasteiger partial charge in [0, 0.05) is 12.6 Å². The van der Waals surface area contributed by atoms with Crippen molar-refractivity contribution in [1.29, 1.82) is 0 Å². The van der Waals surface area contributed by atoms with Crippen LogP contribution in [0.2, 0.25) is 5.28 Å². The first-order valence-corrected chi connectivity index (χ1v) is 5.24. The van der Waals surface area contributed by atoms with Crippen molar-refractivity contribution in [1.82, 2.24) is 14.8 Å². The third-order valence-electron chi connectivity index (χ3n) is 2.30. The van der Waals surface area contributed by atoms with Crippen molar-refractivity contribution < 1.29 is 0 Å². The Kier molecular flexibility index (Phi) is 2.73. The maximum atomic E-state index is 5.84. The number of nitrogens with zero attached hydrogens (tertiary/aromatic N) is 3. The first-order chi connectivity index (χ1) is 7.20. The Bertz CT molecular complexity index is 457. The number of aryl methyl sites for hydroxylation is 2. The van der Waals surface area contributed by atoms with E-state index >= 15 is 0 Å². The summed E-state index contributed by atoms with van der Waals surface area (Å²) in [5.41, 5.74) is 2.29. The summed E-state index contributed by atoms with van der Waals surface area (Å²) in [7, 11) is 1.78. The second-order valence-electron chi connectivity index (χ2n) is 3.38. The first-order valence-electron chi connectivity index (χ1n) is 4.86. The van der Waals surface area contributed by atoms with Crippen molar-refractivity contribution in [3.8, 4) is 11.4 Å². The molecular formula is C11H12ClN3. The van der Waals surface area contributed by atoms with Gasteiger partial charge >= 0.3 is 0 Å². The Balaban J connectivity index is 2.44. The summed E-state index contributed by atoms with van der Waals surface area (Å²) >= 11 is 5.84. The van der Waals surface area contributed by atoms with E-state index in [0.29, 0.717) is 11.1 Å². The number of hydrogen-bond acceptors (Lipinski definition) is 2. The number of benzene rings is 1. The Morgan fingerprint density at radius 1 is 1.40 bits per heavy atom. The molecule has 0 aliphatic carbocycles. The van der Waals surface area contributed by atoms with E-state index in [1.807, 2.05) is 12.1 Å². The molecule has 0 atom stereocenters. The third kappa shape index (κ3) is 2.02. The van der Waals surface area contributed by atoms with Crippen LogP contribution < -0.4 is 0 Å². The van der Waals surface area contributed by atoms with Crippen LogP contribution in [-0.2, 0) is 13.5 Å². The minimum atomic E-state index is 0.409. The minimum absolute atomic E-state index is 0.409. The lowest BCUT2D eigenvalue weighted by atomic mass is 10.1. The highest BCUT2D eigenvalue weighted by Crippen LogP contribution is 2.18. The van der Waals surface area contributed by atoms with Gasteiger partial charge in [-0.05, 0) is 29.7 Å². The molecule has 0 unspecified atom stereocenters. The third-order valence-corrected chi connectivity index (χ3v) is 2.63. The van der Waals surface area contributed by atoms with Crippen LogP contribution in [0.1, 0.15) is 12.5 Å². The second kappa shape index (κ2) is 4.03. The quantitative estimate of drug-likeness (QED) is 0.781. The second-order valence-corrected chi connectivity index (χ2v) is 3.72. The Morgan fingerprint density at radius 2 is 2.20 bits per heavy atom. The van der Waals surface area contributed by atoms with Crippen LogP contribution in [0, 0.1) is 0 Å². The average Bonchev–Trinajstić information content (AvgIpc) is 2.59. The smallest absolute Gasteiger partial charge is 0.221 e. The molecule has 0 fully saturated rings. The van der Waals surface area contributed by atoms with E-state index in [4.69, 9.17) is 11.6 Å². The van der Waals surface area contributed by atoms with E-state index in [1.54, 1.807) is 11.7 Å². The summed E-state index contributed by atoms with van der Waals surface area (Å²) in [6, 6.07) is 8.18. The van der Waals surface area contributed by atoms with Gasteiger partial charge in [0.25, 0.3) is 0 Å². The molecule has 1 heterocycles. The average molecular weight is 222 g/mol. The van der Waals surface area contributed by atoms with E-state index in [-0.39, 0.29) is 0 Å². The molecule has 0 amide bonds. The van der Waals surface area contributed by atoms with Crippen molar-refractivity contribution >= 4 is 11.6 Å². The van der Waals surface area contributed by atoms with Gasteiger partial charge in [0.05, 0.1) is 0 Å². The SMILES string of the molecule is CCc1cccc(-c2nc(Cl)n(C)n2)c1. The summed E-state index contributed by atoms with van der Waals surface area (Å²) in [4.78, 5) is 4.17. The highest BCUT2D eigenvalue weighted by atomic mass is 35.5. The van der Waals surface area contributed by atoms with Crippen molar-refractivity contribution in [2.75, 3.05) is 0 Å². The number of rotatable bonds is 2. The fourth-order valence-electron chi connectivity index (χ4n) is 1.42. The molecule has 0 saturated heterocycles. The van der Waals surface area contributed by atoms with Gasteiger partial charge in [-0.2, -0.15) is 4.98 Å². The topological polar surface area (TPSA) is 30.7 Å². The fraction of sp³-hybridized carbons (Fsp3) is 0.273. The van der Waals surface area contributed by atoms with Crippen LogP contribution in [0.3, 0.4) is 0 Å². The monoisotopic (exact) mass is 221 g/mol. The van der Waals surface area contributed by atoms with Crippen LogP contribution in [0.25, 0.3) is 11.4 Å². The van der Waals surface area contributed by atoms with E-state index in [2.05, 4.69) is 29.1 Å². The van der Waals surface area contributed by atoms with Gasteiger partial charge < -0.3 is 0 Å². The highest BCUT2D eigenvalue weighted by molar-refractivity contribution is 6.28. The van der Waals surface area contributed by atoms with Gasteiger partial charge in [-0.1, -0.05) is 25.1 Å². The van der Waals surface area contributed by atoms with Crippen molar-refractivity contribution in [2.45, 2.75) is 13.3 Å². The summed E-state index contributed by atoms with van der Waals surface area (Å²) in [5, 5.41) is 4.64. The molecule has 0 radical (unpaired) electrons. The van der Waals surface area contributed by atoms with Crippen molar-refractivity contribution in [2.24, 2.45) is 7.05 Å². The lowest BCUT2D eigenvalue weighted by Gasteiger charge is -1.98. The molecule has 3 nitrogen and oxygen atoms in total. The van der Waals surface area contributed by atoms with Crippen LogP contribution >= 0.6 is 11.6 Å². The predicted octanol–water partition coefficient (Wildman–Crippen LogP) is 2.70. The zero-order valence-corrected chi connectivity index (χ0v) is 9.49. The van der Waals surface area contributed by atoms with E-state index in [1.165, 1.54) is 5.56 Å². The standard InChI is InChI=1S/C11H12ClN3/c1-3-8-5-4-6-9(7-8)10-13-11(12)15(2)14-10/h4-7H,3H2,1-2H3. The number of hydrogen-bond donors (Lipinski definition) is 0. The molecule has 1 aromatic heterocycles. The summed E-state index contributed by atoms with van der Waals surface area (Å²) < 4.78 is 1.56. The highest BCUT2D eigenvalue weighted by Gasteiger charge is 2.07. The van der Waals surface area contributed by atoms with Crippen LogP contribution in [0.15, 0.2) is 24.3 Å². The fourth-order valence-corrected chi connectivity index (χ4v) is 1.54. The Morgan fingerprint density at radius 3 is 2.80 bits per heavy atom. The van der Waals surface area contributed by atoms with Crippen LogP contribution in [-0.4, -0.2) is 14.8 Å². The molecule has 78 valence electrons. The van der Waals surface area contributed by atoms with Crippen LogP contribution in [0.4, 0.5) is 0 Å². The molecule has 1 aromatic carbocycles. The predicted molar refractivity (Wildman–Crippen MR) is 60.8 cm³/mol. The van der Waals surface area contributed by atoms with Crippen molar-refractivity contribution in [3.05, 3.63) is 35.1 Å². The van der Waals surface area contributed by atoms with E-state index < -0.39 is 0 Å². The Hall–Kier alpha value is -1.35. The normalized spacial score (nSPS) is 10.6. The molecule has 2 aromatic rings.